The van der Waals surface area contributed by atoms with Crippen LogP contribution in [0, 0.1) is 0 Å². The van der Waals surface area contributed by atoms with E-state index in [2.05, 4.69) is 29.2 Å². The third kappa shape index (κ3) is 2.54. The number of methoxy groups -OCH3 is 1. The molecule has 16 heavy (non-hydrogen) atoms. The second-order valence-electron chi connectivity index (χ2n) is 4.62. The highest BCUT2D eigenvalue weighted by molar-refractivity contribution is 5.46. The number of para-hydroxylation sites is 1. The number of piperidine rings is 1. The molecule has 0 aliphatic carbocycles. The normalized spacial score (nSPS) is 19.8. The summed E-state index contributed by atoms with van der Waals surface area (Å²) in [6.45, 7) is 2.70. The number of hydrogen-bond donors (Lipinski definition) is 1. The summed E-state index contributed by atoms with van der Waals surface area (Å²) < 4.78 is 5.18. The van der Waals surface area contributed by atoms with Crippen LogP contribution in [0.5, 0.6) is 0 Å². The van der Waals surface area contributed by atoms with Crippen LogP contribution in [0.2, 0.25) is 0 Å². The molecular formula is C13H20N2O. The molecule has 1 saturated heterocycles. The second-order valence-corrected chi connectivity index (χ2v) is 4.62. The van der Waals surface area contributed by atoms with E-state index in [0.717, 1.165) is 25.9 Å². The summed E-state index contributed by atoms with van der Waals surface area (Å²) in [5.74, 6) is 0. The Bertz CT molecular complexity index is 318. The zero-order valence-corrected chi connectivity index (χ0v) is 9.86. The molecule has 1 aliphatic heterocycles. The number of benzene rings is 1. The fourth-order valence-corrected chi connectivity index (χ4v) is 2.28. The lowest BCUT2D eigenvalue weighted by Crippen LogP contribution is -2.53. The number of nitrogens with zero attached hydrogens (tertiary/aromatic N) is 1. The topological polar surface area (TPSA) is 38.5 Å². The molecule has 0 unspecified atom stereocenters. The van der Waals surface area contributed by atoms with Crippen molar-refractivity contribution in [3.05, 3.63) is 30.3 Å². The zero-order valence-electron chi connectivity index (χ0n) is 9.86. The van der Waals surface area contributed by atoms with Gasteiger partial charge in [0, 0.05) is 31.4 Å². The molecule has 3 heteroatoms. The molecule has 1 fully saturated rings. The molecule has 0 amide bonds. The average Bonchev–Trinajstić information content (AvgIpc) is 2.31. The van der Waals surface area contributed by atoms with Crippen molar-refractivity contribution >= 4 is 5.69 Å². The molecule has 0 bridgehead atoms. The number of ether oxygens (including phenoxy) is 1. The van der Waals surface area contributed by atoms with Crippen molar-refractivity contribution in [3.8, 4) is 0 Å². The number of nitrogens with two attached hydrogens (primary N) is 1. The molecule has 1 aromatic carbocycles. The molecule has 0 aromatic heterocycles. The van der Waals surface area contributed by atoms with Gasteiger partial charge in [-0.05, 0) is 25.0 Å². The molecule has 2 rings (SSSR count). The van der Waals surface area contributed by atoms with Gasteiger partial charge in [0.25, 0.3) is 0 Å². The molecule has 1 aromatic rings. The Balaban J connectivity index is 1.95. The summed E-state index contributed by atoms with van der Waals surface area (Å²) in [7, 11) is 1.72. The van der Waals surface area contributed by atoms with E-state index in [9.17, 15) is 0 Å². The summed E-state index contributed by atoms with van der Waals surface area (Å²) in [6.07, 6.45) is 1.99. The lowest BCUT2D eigenvalue weighted by Gasteiger charge is -2.39. The summed E-state index contributed by atoms with van der Waals surface area (Å²) >= 11 is 0. The van der Waals surface area contributed by atoms with Crippen LogP contribution in [-0.4, -0.2) is 32.3 Å². The minimum atomic E-state index is -0.125. The van der Waals surface area contributed by atoms with E-state index in [4.69, 9.17) is 10.5 Å². The minimum absolute atomic E-state index is 0.125. The van der Waals surface area contributed by atoms with Crippen LogP contribution in [0.1, 0.15) is 12.8 Å². The van der Waals surface area contributed by atoms with Crippen LogP contribution >= 0.6 is 0 Å². The second kappa shape index (κ2) is 4.85. The lowest BCUT2D eigenvalue weighted by molar-refractivity contribution is 0.116. The van der Waals surface area contributed by atoms with Gasteiger partial charge in [-0.25, -0.2) is 0 Å². The highest BCUT2D eigenvalue weighted by Gasteiger charge is 2.30. The predicted octanol–water partition coefficient (Wildman–Crippen LogP) is 1.63. The van der Waals surface area contributed by atoms with Crippen LogP contribution in [-0.2, 0) is 4.74 Å². The summed E-state index contributed by atoms with van der Waals surface area (Å²) in [6, 6.07) is 10.5. The molecule has 3 nitrogen and oxygen atoms in total. The Hall–Kier alpha value is -1.06. The average molecular weight is 220 g/mol. The maximum atomic E-state index is 6.26. The standard InChI is InChI=1S/C13H20N2O/c1-16-11-13(14)7-9-15(10-8-13)12-5-3-2-4-6-12/h2-6H,7-11,14H2,1H3. The van der Waals surface area contributed by atoms with E-state index in [1.807, 2.05) is 6.07 Å². The molecule has 2 N–H and O–H groups in total. The highest BCUT2D eigenvalue weighted by atomic mass is 16.5. The van der Waals surface area contributed by atoms with Crippen LogP contribution in [0.15, 0.2) is 30.3 Å². The molecular weight excluding hydrogens is 200 g/mol. The largest absolute Gasteiger partial charge is 0.383 e. The molecule has 0 radical (unpaired) electrons. The first kappa shape index (κ1) is 11.4. The van der Waals surface area contributed by atoms with Gasteiger partial charge < -0.3 is 15.4 Å². The quantitative estimate of drug-likeness (QED) is 0.841. The molecule has 0 spiro atoms. The first-order chi connectivity index (χ1) is 7.73. The Morgan fingerprint density at radius 3 is 2.44 bits per heavy atom. The van der Waals surface area contributed by atoms with Crippen LogP contribution in [0.3, 0.4) is 0 Å². The first-order valence-corrected chi connectivity index (χ1v) is 5.81. The fraction of sp³-hybridized carbons (Fsp3) is 0.538. The van der Waals surface area contributed by atoms with Crippen molar-refractivity contribution in [2.75, 3.05) is 31.7 Å². The van der Waals surface area contributed by atoms with Crippen molar-refractivity contribution in [2.45, 2.75) is 18.4 Å². The van der Waals surface area contributed by atoms with Crippen LogP contribution in [0.25, 0.3) is 0 Å². The van der Waals surface area contributed by atoms with E-state index >= 15 is 0 Å². The maximum Gasteiger partial charge on any atom is 0.0643 e. The smallest absolute Gasteiger partial charge is 0.0643 e. The monoisotopic (exact) mass is 220 g/mol. The lowest BCUT2D eigenvalue weighted by atomic mass is 9.89. The van der Waals surface area contributed by atoms with Gasteiger partial charge in [-0.15, -0.1) is 0 Å². The number of anilines is 1. The summed E-state index contributed by atoms with van der Waals surface area (Å²) in [4.78, 5) is 2.39. The van der Waals surface area contributed by atoms with Gasteiger partial charge in [0.15, 0.2) is 0 Å². The number of rotatable bonds is 3. The highest BCUT2D eigenvalue weighted by Crippen LogP contribution is 2.24. The first-order valence-electron chi connectivity index (χ1n) is 5.81. The van der Waals surface area contributed by atoms with Crippen molar-refractivity contribution in [3.63, 3.8) is 0 Å². The van der Waals surface area contributed by atoms with E-state index in [-0.39, 0.29) is 5.54 Å². The van der Waals surface area contributed by atoms with Crippen molar-refractivity contribution in [2.24, 2.45) is 5.73 Å². The van der Waals surface area contributed by atoms with Crippen LogP contribution in [0.4, 0.5) is 5.69 Å². The van der Waals surface area contributed by atoms with E-state index in [1.165, 1.54) is 5.69 Å². The number of hydrogen-bond acceptors (Lipinski definition) is 3. The van der Waals surface area contributed by atoms with Crippen molar-refractivity contribution < 1.29 is 4.74 Å². The van der Waals surface area contributed by atoms with Gasteiger partial charge in [0.2, 0.25) is 0 Å². The molecule has 1 heterocycles. The van der Waals surface area contributed by atoms with E-state index in [1.54, 1.807) is 7.11 Å². The van der Waals surface area contributed by atoms with Gasteiger partial charge in [0.1, 0.15) is 0 Å². The van der Waals surface area contributed by atoms with Crippen LogP contribution < -0.4 is 10.6 Å². The third-order valence-corrected chi connectivity index (χ3v) is 3.31. The van der Waals surface area contributed by atoms with Gasteiger partial charge >= 0.3 is 0 Å². The molecule has 1 aliphatic rings. The van der Waals surface area contributed by atoms with Gasteiger partial charge in [0.05, 0.1) is 6.61 Å². The third-order valence-electron chi connectivity index (χ3n) is 3.31. The Morgan fingerprint density at radius 1 is 1.25 bits per heavy atom. The predicted molar refractivity (Wildman–Crippen MR) is 66.7 cm³/mol. The Kier molecular flexibility index (Phi) is 3.46. The summed E-state index contributed by atoms with van der Waals surface area (Å²) in [5, 5.41) is 0. The summed E-state index contributed by atoms with van der Waals surface area (Å²) in [5.41, 5.74) is 7.43. The van der Waals surface area contributed by atoms with Gasteiger partial charge in [-0.1, -0.05) is 18.2 Å². The zero-order chi connectivity index (χ0) is 11.4. The van der Waals surface area contributed by atoms with E-state index < -0.39 is 0 Å². The molecule has 0 atom stereocenters. The van der Waals surface area contributed by atoms with E-state index in [0.29, 0.717) is 6.61 Å². The van der Waals surface area contributed by atoms with Crippen molar-refractivity contribution in [1.82, 2.24) is 0 Å². The Morgan fingerprint density at radius 2 is 1.88 bits per heavy atom. The maximum absolute atomic E-state index is 6.26. The van der Waals surface area contributed by atoms with Gasteiger partial charge in [-0.3, -0.25) is 0 Å². The SMILES string of the molecule is COCC1(N)CCN(c2ccccc2)CC1. The Labute approximate surface area is 97.2 Å². The van der Waals surface area contributed by atoms with Gasteiger partial charge in [-0.2, -0.15) is 0 Å². The fourth-order valence-electron chi connectivity index (χ4n) is 2.28. The minimum Gasteiger partial charge on any atom is -0.383 e. The van der Waals surface area contributed by atoms with Crippen molar-refractivity contribution in [1.29, 1.82) is 0 Å². The molecule has 88 valence electrons. The molecule has 0 saturated carbocycles.